The number of hydrogen-bond acceptors (Lipinski definition) is 6. The SMILES string of the molecule is COc1ccc(OC)c(NC(=O)c2nnn(-c3cc(C)ccc3C)c2N)c1. The van der Waals surface area contributed by atoms with Crippen LogP contribution in [-0.4, -0.2) is 35.1 Å². The fourth-order valence-electron chi connectivity index (χ4n) is 2.67. The molecule has 0 aliphatic heterocycles. The summed E-state index contributed by atoms with van der Waals surface area (Å²) >= 11 is 0. The number of hydrogen-bond donors (Lipinski definition) is 2. The van der Waals surface area contributed by atoms with Gasteiger partial charge >= 0.3 is 0 Å². The molecular formula is C19H21N5O3. The zero-order valence-electron chi connectivity index (χ0n) is 15.6. The Morgan fingerprint density at radius 3 is 2.59 bits per heavy atom. The van der Waals surface area contributed by atoms with E-state index in [2.05, 4.69) is 15.6 Å². The number of ether oxygens (including phenoxy) is 2. The molecule has 0 saturated carbocycles. The van der Waals surface area contributed by atoms with Crippen LogP contribution in [0.25, 0.3) is 5.69 Å². The molecule has 3 aromatic rings. The number of benzene rings is 2. The third kappa shape index (κ3) is 3.55. The Bertz CT molecular complexity index is 997. The van der Waals surface area contributed by atoms with Crippen LogP contribution in [0.3, 0.4) is 0 Å². The number of carbonyl (C=O) groups excluding carboxylic acids is 1. The monoisotopic (exact) mass is 367 g/mol. The maximum atomic E-state index is 12.7. The van der Waals surface area contributed by atoms with Gasteiger partial charge in [0.15, 0.2) is 11.5 Å². The number of nitrogens with two attached hydrogens (primary N) is 1. The van der Waals surface area contributed by atoms with E-state index in [-0.39, 0.29) is 11.5 Å². The predicted octanol–water partition coefficient (Wildman–Crippen LogP) is 2.74. The molecule has 8 heteroatoms. The van der Waals surface area contributed by atoms with Crippen LogP contribution in [0, 0.1) is 13.8 Å². The summed E-state index contributed by atoms with van der Waals surface area (Å²) in [6.07, 6.45) is 0. The first-order valence-electron chi connectivity index (χ1n) is 8.26. The second-order valence-corrected chi connectivity index (χ2v) is 6.05. The van der Waals surface area contributed by atoms with Gasteiger partial charge in [-0.1, -0.05) is 17.3 Å². The van der Waals surface area contributed by atoms with Crippen LogP contribution >= 0.6 is 0 Å². The molecule has 27 heavy (non-hydrogen) atoms. The highest BCUT2D eigenvalue weighted by atomic mass is 16.5. The molecule has 1 aromatic heterocycles. The molecular weight excluding hydrogens is 346 g/mol. The Kier molecular flexibility index (Phi) is 4.98. The maximum Gasteiger partial charge on any atom is 0.280 e. The number of amides is 1. The number of methoxy groups -OCH3 is 2. The standard InChI is InChI=1S/C19H21N5O3/c1-11-5-6-12(2)15(9-11)24-18(20)17(22-23-24)19(25)21-14-10-13(26-3)7-8-16(14)27-4/h5-10H,20H2,1-4H3,(H,21,25). The molecule has 0 aliphatic carbocycles. The molecule has 0 aliphatic rings. The lowest BCUT2D eigenvalue weighted by molar-refractivity contribution is 0.102. The molecule has 1 heterocycles. The summed E-state index contributed by atoms with van der Waals surface area (Å²) in [7, 11) is 3.06. The Morgan fingerprint density at radius 2 is 1.89 bits per heavy atom. The van der Waals surface area contributed by atoms with Gasteiger partial charge in [0.2, 0.25) is 0 Å². The summed E-state index contributed by atoms with van der Waals surface area (Å²) in [5.41, 5.74) is 9.43. The van der Waals surface area contributed by atoms with E-state index in [9.17, 15) is 4.79 Å². The lowest BCUT2D eigenvalue weighted by Crippen LogP contribution is -2.15. The summed E-state index contributed by atoms with van der Waals surface area (Å²) in [6, 6.07) is 11.0. The van der Waals surface area contributed by atoms with E-state index in [1.165, 1.54) is 11.8 Å². The second-order valence-electron chi connectivity index (χ2n) is 6.05. The lowest BCUT2D eigenvalue weighted by atomic mass is 10.1. The number of nitrogens with one attached hydrogen (secondary N) is 1. The van der Waals surface area contributed by atoms with Crippen molar-refractivity contribution in [3.05, 3.63) is 53.2 Å². The highest BCUT2D eigenvalue weighted by Gasteiger charge is 2.20. The van der Waals surface area contributed by atoms with E-state index in [4.69, 9.17) is 15.2 Å². The fraction of sp³-hybridized carbons (Fsp3) is 0.211. The molecule has 0 saturated heterocycles. The van der Waals surface area contributed by atoms with Crippen molar-refractivity contribution in [3.8, 4) is 17.2 Å². The molecule has 0 fully saturated rings. The van der Waals surface area contributed by atoms with Gasteiger partial charge in [-0.2, -0.15) is 4.68 Å². The van der Waals surface area contributed by atoms with Crippen molar-refractivity contribution in [3.63, 3.8) is 0 Å². The Labute approximate surface area is 156 Å². The van der Waals surface area contributed by atoms with Crippen molar-refractivity contribution in [1.29, 1.82) is 0 Å². The average Bonchev–Trinajstić information content (AvgIpc) is 3.05. The zero-order chi connectivity index (χ0) is 19.6. The molecule has 3 rings (SSSR count). The summed E-state index contributed by atoms with van der Waals surface area (Å²) in [5.74, 6) is 0.737. The Hall–Kier alpha value is -3.55. The van der Waals surface area contributed by atoms with Crippen molar-refractivity contribution in [2.24, 2.45) is 0 Å². The molecule has 0 bridgehead atoms. The van der Waals surface area contributed by atoms with Gasteiger partial charge in [-0.05, 0) is 43.2 Å². The van der Waals surface area contributed by atoms with Gasteiger partial charge < -0.3 is 20.5 Å². The molecule has 8 nitrogen and oxygen atoms in total. The van der Waals surface area contributed by atoms with E-state index >= 15 is 0 Å². The molecule has 3 N–H and O–H groups in total. The van der Waals surface area contributed by atoms with Gasteiger partial charge in [-0.25, -0.2) is 0 Å². The van der Waals surface area contributed by atoms with Crippen molar-refractivity contribution in [2.75, 3.05) is 25.3 Å². The molecule has 140 valence electrons. The minimum atomic E-state index is -0.490. The third-order valence-corrected chi connectivity index (χ3v) is 4.17. The van der Waals surface area contributed by atoms with Gasteiger partial charge in [0.1, 0.15) is 11.5 Å². The quantitative estimate of drug-likeness (QED) is 0.718. The predicted molar refractivity (Wildman–Crippen MR) is 103 cm³/mol. The van der Waals surface area contributed by atoms with Gasteiger partial charge in [0.05, 0.1) is 25.6 Å². The van der Waals surface area contributed by atoms with E-state index in [0.717, 1.165) is 16.8 Å². The Balaban J connectivity index is 1.93. The second kappa shape index (κ2) is 7.36. The number of rotatable bonds is 5. The van der Waals surface area contributed by atoms with Crippen LogP contribution in [-0.2, 0) is 0 Å². The third-order valence-electron chi connectivity index (χ3n) is 4.17. The molecule has 0 radical (unpaired) electrons. The van der Waals surface area contributed by atoms with Crippen LogP contribution in [0.1, 0.15) is 21.6 Å². The minimum Gasteiger partial charge on any atom is -0.497 e. The van der Waals surface area contributed by atoms with Crippen LogP contribution < -0.4 is 20.5 Å². The van der Waals surface area contributed by atoms with Crippen LogP contribution in [0.2, 0.25) is 0 Å². The summed E-state index contributed by atoms with van der Waals surface area (Å²) in [4.78, 5) is 12.7. The molecule has 0 unspecified atom stereocenters. The van der Waals surface area contributed by atoms with E-state index < -0.39 is 5.91 Å². The van der Waals surface area contributed by atoms with Crippen LogP contribution in [0.5, 0.6) is 11.5 Å². The van der Waals surface area contributed by atoms with Crippen molar-refractivity contribution in [2.45, 2.75) is 13.8 Å². The number of nitrogen functional groups attached to an aromatic ring is 1. The number of nitrogens with zero attached hydrogens (tertiary/aromatic N) is 3. The van der Waals surface area contributed by atoms with Gasteiger partial charge in [-0.15, -0.1) is 5.10 Å². The van der Waals surface area contributed by atoms with Crippen molar-refractivity contribution in [1.82, 2.24) is 15.0 Å². The largest absolute Gasteiger partial charge is 0.497 e. The highest BCUT2D eigenvalue weighted by molar-refractivity contribution is 6.06. The van der Waals surface area contributed by atoms with E-state index in [0.29, 0.717) is 17.2 Å². The number of aryl methyl sites for hydroxylation is 2. The van der Waals surface area contributed by atoms with Crippen molar-refractivity contribution < 1.29 is 14.3 Å². The van der Waals surface area contributed by atoms with Crippen LogP contribution in [0.4, 0.5) is 11.5 Å². The normalized spacial score (nSPS) is 10.5. The number of aromatic nitrogens is 3. The maximum absolute atomic E-state index is 12.7. The average molecular weight is 367 g/mol. The van der Waals surface area contributed by atoms with Crippen LogP contribution in [0.15, 0.2) is 36.4 Å². The van der Waals surface area contributed by atoms with Gasteiger partial charge in [0.25, 0.3) is 5.91 Å². The van der Waals surface area contributed by atoms with Gasteiger partial charge in [0, 0.05) is 6.07 Å². The lowest BCUT2D eigenvalue weighted by Gasteiger charge is -2.11. The molecule has 2 aromatic carbocycles. The summed E-state index contributed by atoms with van der Waals surface area (Å²) in [6.45, 7) is 3.91. The van der Waals surface area contributed by atoms with E-state index in [1.807, 2.05) is 32.0 Å². The number of carbonyl (C=O) groups is 1. The fourth-order valence-corrected chi connectivity index (χ4v) is 2.67. The first kappa shape index (κ1) is 18.2. The van der Waals surface area contributed by atoms with E-state index in [1.54, 1.807) is 25.3 Å². The smallest absolute Gasteiger partial charge is 0.280 e. The summed E-state index contributed by atoms with van der Waals surface area (Å²) in [5, 5.41) is 10.8. The highest BCUT2D eigenvalue weighted by Crippen LogP contribution is 2.29. The van der Waals surface area contributed by atoms with Crippen molar-refractivity contribution >= 4 is 17.4 Å². The minimum absolute atomic E-state index is 0.0285. The molecule has 0 atom stereocenters. The topological polar surface area (TPSA) is 104 Å². The first-order valence-corrected chi connectivity index (χ1v) is 8.26. The zero-order valence-corrected chi connectivity index (χ0v) is 15.6. The molecule has 1 amide bonds. The first-order chi connectivity index (χ1) is 12.9. The van der Waals surface area contributed by atoms with Gasteiger partial charge in [-0.3, -0.25) is 4.79 Å². The number of anilines is 2. The molecule has 0 spiro atoms. The Morgan fingerprint density at radius 1 is 1.11 bits per heavy atom. The summed E-state index contributed by atoms with van der Waals surface area (Å²) < 4.78 is 11.9.